The third-order valence-corrected chi connectivity index (χ3v) is 4.14. The first-order chi connectivity index (χ1) is 11.1. The smallest absolute Gasteiger partial charge is 0.230 e. The zero-order chi connectivity index (χ0) is 16.2. The Morgan fingerprint density at radius 3 is 2.70 bits per heavy atom. The Hall–Kier alpha value is -1.51. The first kappa shape index (κ1) is 16.4. The molecule has 0 amide bonds. The Balaban J connectivity index is 1.57. The van der Waals surface area contributed by atoms with Crippen molar-refractivity contribution in [2.75, 3.05) is 26.2 Å². The molecule has 126 valence electrons. The van der Waals surface area contributed by atoms with E-state index in [0.29, 0.717) is 12.2 Å². The Bertz CT molecular complexity index is 539. The van der Waals surface area contributed by atoms with E-state index in [1.165, 1.54) is 12.2 Å². The van der Waals surface area contributed by atoms with Crippen molar-refractivity contribution in [2.45, 2.75) is 24.4 Å². The van der Waals surface area contributed by atoms with Crippen LogP contribution in [0.25, 0.3) is 0 Å². The molecule has 0 aromatic heterocycles. The van der Waals surface area contributed by atoms with Crippen LogP contribution in [0.5, 0.6) is 0 Å². The van der Waals surface area contributed by atoms with Crippen LogP contribution in [0, 0.1) is 0 Å². The largest absolute Gasteiger partial charge is 0.384 e. The summed E-state index contributed by atoms with van der Waals surface area (Å²) in [5, 5.41) is 12.5. The fourth-order valence-corrected chi connectivity index (χ4v) is 2.81. The topological polar surface area (TPSA) is 66.0 Å². The van der Waals surface area contributed by atoms with Gasteiger partial charge in [0, 0.05) is 39.0 Å². The summed E-state index contributed by atoms with van der Waals surface area (Å²) in [6, 6.07) is 0. The molecule has 2 atom stereocenters. The second-order valence-corrected chi connectivity index (χ2v) is 5.82. The van der Waals surface area contributed by atoms with Gasteiger partial charge in [0.05, 0.1) is 0 Å². The molecular weight excluding hydrogens is 301 g/mol. The molecule has 3 rings (SSSR count). The number of rotatable bonds is 5. The lowest BCUT2D eigenvalue weighted by Crippen LogP contribution is -2.58. The van der Waals surface area contributed by atoms with Gasteiger partial charge in [-0.05, 0) is 29.9 Å². The lowest BCUT2D eigenvalue weighted by atomic mass is 10.0. The minimum atomic E-state index is -2.30. The summed E-state index contributed by atoms with van der Waals surface area (Å²) in [6.07, 6.45) is 12.4. The van der Waals surface area contributed by atoms with Gasteiger partial charge in [0.2, 0.25) is 5.85 Å². The minimum Gasteiger partial charge on any atom is -0.384 e. The van der Waals surface area contributed by atoms with E-state index in [1.54, 1.807) is 0 Å². The zero-order valence-corrected chi connectivity index (χ0v) is 12.9. The Morgan fingerprint density at radius 2 is 2.04 bits per heavy atom. The van der Waals surface area contributed by atoms with E-state index in [1.807, 2.05) is 24.3 Å². The first-order valence-electron chi connectivity index (χ1n) is 7.80. The molecule has 0 aromatic carbocycles. The summed E-state index contributed by atoms with van der Waals surface area (Å²) in [5.74, 6) is -1.90. The highest BCUT2D eigenvalue weighted by Crippen LogP contribution is 2.27. The predicted octanol–water partition coefficient (Wildman–Crippen LogP) is 1.06. The van der Waals surface area contributed by atoms with Crippen LogP contribution in [0.4, 0.5) is 4.39 Å². The number of nitrogens with one attached hydrogen (secondary N) is 2. The highest BCUT2D eigenvalue weighted by Gasteiger charge is 2.37. The molecular formula is C16H22FN3O3. The van der Waals surface area contributed by atoms with Crippen LogP contribution < -0.4 is 11.0 Å². The van der Waals surface area contributed by atoms with Gasteiger partial charge in [-0.15, -0.1) is 0 Å². The van der Waals surface area contributed by atoms with Crippen LogP contribution in [0.15, 0.2) is 48.3 Å². The molecule has 1 heterocycles. The van der Waals surface area contributed by atoms with Gasteiger partial charge in [-0.25, -0.2) is 9.23 Å². The van der Waals surface area contributed by atoms with Crippen LogP contribution in [-0.2, 0) is 9.68 Å². The Morgan fingerprint density at radius 1 is 1.22 bits per heavy atom. The fraction of sp³-hybridized carbons (Fsp3) is 0.500. The number of hydrogen-bond donors (Lipinski definition) is 3. The van der Waals surface area contributed by atoms with E-state index in [-0.39, 0.29) is 6.42 Å². The van der Waals surface area contributed by atoms with Crippen LogP contribution in [0.1, 0.15) is 12.8 Å². The highest BCUT2D eigenvalue weighted by atomic mass is 19.2. The molecule has 0 radical (unpaired) electrons. The van der Waals surface area contributed by atoms with Crippen molar-refractivity contribution in [3.8, 4) is 0 Å². The molecule has 1 saturated heterocycles. The van der Waals surface area contributed by atoms with Crippen LogP contribution in [0.3, 0.4) is 0 Å². The van der Waals surface area contributed by atoms with Gasteiger partial charge >= 0.3 is 0 Å². The van der Waals surface area contributed by atoms with Crippen molar-refractivity contribution in [2.24, 2.45) is 0 Å². The van der Waals surface area contributed by atoms with E-state index in [4.69, 9.17) is 9.68 Å². The first-order valence-corrected chi connectivity index (χ1v) is 7.80. The number of allylic oxidation sites excluding steroid dienone is 3. The van der Waals surface area contributed by atoms with Crippen molar-refractivity contribution in [1.82, 2.24) is 15.9 Å². The number of hydrogen-bond acceptors (Lipinski definition) is 6. The SMILES string of the molecule is OC1(F)C=CC(ONOC2(N3CCNCC3)C=CC=CC2)=CC1. The molecule has 7 heteroatoms. The molecule has 6 nitrogen and oxygen atoms in total. The van der Waals surface area contributed by atoms with Crippen molar-refractivity contribution in [1.29, 1.82) is 0 Å². The van der Waals surface area contributed by atoms with E-state index in [0.717, 1.165) is 32.3 Å². The lowest BCUT2D eigenvalue weighted by Gasteiger charge is -2.43. The van der Waals surface area contributed by atoms with Gasteiger partial charge in [0.1, 0.15) is 5.76 Å². The van der Waals surface area contributed by atoms with E-state index in [2.05, 4.69) is 15.9 Å². The Kier molecular flexibility index (Phi) is 4.93. The maximum atomic E-state index is 13.2. The number of alkyl halides is 1. The summed E-state index contributed by atoms with van der Waals surface area (Å²) in [4.78, 5) is 13.4. The quantitative estimate of drug-likeness (QED) is 0.658. The highest BCUT2D eigenvalue weighted by molar-refractivity contribution is 5.21. The molecule has 0 bridgehead atoms. The van der Waals surface area contributed by atoms with Gasteiger partial charge < -0.3 is 15.3 Å². The van der Waals surface area contributed by atoms with Crippen LogP contribution in [-0.4, -0.2) is 47.8 Å². The number of nitrogens with zero attached hydrogens (tertiary/aromatic N) is 1. The van der Waals surface area contributed by atoms with E-state index in [9.17, 15) is 9.50 Å². The third-order valence-electron chi connectivity index (χ3n) is 4.14. The maximum absolute atomic E-state index is 13.2. The average Bonchev–Trinajstić information content (AvgIpc) is 2.58. The molecule has 1 fully saturated rings. The van der Waals surface area contributed by atoms with Gasteiger partial charge in [-0.2, -0.15) is 0 Å². The fourth-order valence-electron chi connectivity index (χ4n) is 2.81. The molecule has 3 aliphatic rings. The molecule has 0 saturated carbocycles. The summed E-state index contributed by atoms with van der Waals surface area (Å²) in [6.45, 7) is 3.56. The molecule has 2 aliphatic carbocycles. The summed E-state index contributed by atoms with van der Waals surface area (Å²) in [5.41, 5.74) is 1.92. The standard InChI is InChI=1S/C16H22FN3O3/c17-15(21)8-4-14(5-9-15)22-19-23-16(6-2-1-3-7-16)20-12-10-18-11-13-20/h1-6,8,18-19,21H,7,9-13H2. The van der Waals surface area contributed by atoms with Gasteiger partial charge in [0.25, 0.3) is 0 Å². The van der Waals surface area contributed by atoms with Crippen molar-refractivity contribution < 1.29 is 19.2 Å². The second kappa shape index (κ2) is 6.94. The van der Waals surface area contributed by atoms with Gasteiger partial charge in [0.15, 0.2) is 5.72 Å². The summed E-state index contributed by atoms with van der Waals surface area (Å²) >= 11 is 0. The van der Waals surface area contributed by atoms with Crippen LogP contribution in [0.2, 0.25) is 0 Å². The Labute approximate surface area is 134 Å². The molecule has 0 spiro atoms. The lowest BCUT2D eigenvalue weighted by molar-refractivity contribution is -0.251. The van der Waals surface area contributed by atoms with E-state index >= 15 is 0 Å². The van der Waals surface area contributed by atoms with Crippen molar-refractivity contribution >= 4 is 0 Å². The zero-order valence-electron chi connectivity index (χ0n) is 12.9. The monoisotopic (exact) mass is 323 g/mol. The third kappa shape index (κ3) is 4.07. The minimum absolute atomic E-state index is 0.147. The number of halogens is 1. The summed E-state index contributed by atoms with van der Waals surface area (Å²) in [7, 11) is 0. The predicted molar refractivity (Wildman–Crippen MR) is 83.3 cm³/mol. The average molecular weight is 323 g/mol. The van der Waals surface area contributed by atoms with Gasteiger partial charge in [-0.3, -0.25) is 4.90 Å². The maximum Gasteiger partial charge on any atom is 0.230 e. The molecule has 2 unspecified atom stereocenters. The molecule has 0 aromatic rings. The summed E-state index contributed by atoms with van der Waals surface area (Å²) < 4.78 is 13.2. The van der Waals surface area contributed by atoms with E-state index < -0.39 is 11.6 Å². The molecule has 1 aliphatic heterocycles. The van der Waals surface area contributed by atoms with Crippen molar-refractivity contribution in [3.05, 3.63) is 48.3 Å². The van der Waals surface area contributed by atoms with Gasteiger partial charge in [-0.1, -0.05) is 18.2 Å². The van der Waals surface area contributed by atoms with Crippen molar-refractivity contribution in [3.63, 3.8) is 0 Å². The second-order valence-electron chi connectivity index (χ2n) is 5.82. The molecule has 23 heavy (non-hydrogen) atoms. The number of aliphatic hydroxyl groups is 1. The van der Waals surface area contributed by atoms with Crippen LogP contribution >= 0.6 is 0 Å². The molecule has 3 N–H and O–H groups in total. The number of piperazine rings is 1. The normalized spacial score (nSPS) is 34.4.